The number of nitrogens with one attached hydrogen (secondary N) is 1. The average molecular weight is 378 g/mol. The molecule has 0 unspecified atom stereocenters. The van der Waals surface area contributed by atoms with Crippen molar-refractivity contribution < 1.29 is 9.53 Å². The van der Waals surface area contributed by atoms with Gasteiger partial charge in [-0.3, -0.25) is 13.9 Å². The molecule has 0 radical (unpaired) electrons. The Labute approximate surface area is 154 Å². The zero-order valence-electron chi connectivity index (χ0n) is 14.9. The highest BCUT2D eigenvalue weighted by atomic mass is 32.1. The van der Waals surface area contributed by atoms with Crippen LogP contribution < -0.4 is 16.6 Å². The first-order valence-corrected chi connectivity index (χ1v) is 9.63. The number of ether oxygens (including phenoxy) is 1. The first-order valence-electron chi connectivity index (χ1n) is 8.82. The summed E-state index contributed by atoms with van der Waals surface area (Å²) < 4.78 is 8.21. The molecule has 1 N–H and O–H groups in total. The maximum Gasteiger partial charge on any atom is 0.332 e. The van der Waals surface area contributed by atoms with E-state index >= 15 is 0 Å². The Hall–Kier alpha value is -2.13. The molecule has 2 aliphatic rings. The van der Waals surface area contributed by atoms with Crippen molar-refractivity contribution in [3.63, 3.8) is 0 Å². The summed E-state index contributed by atoms with van der Waals surface area (Å²) in [6.45, 7) is 4.45. The van der Waals surface area contributed by atoms with Crippen LogP contribution in [0.2, 0.25) is 0 Å². The molecule has 0 spiro atoms. The van der Waals surface area contributed by atoms with Crippen LogP contribution in [0.1, 0.15) is 29.3 Å². The average Bonchev–Trinajstić information content (AvgIpc) is 3.28. The monoisotopic (exact) mass is 378 g/mol. The largest absolute Gasteiger partial charge is 0.383 e. The van der Waals surface area contributed by atoms with Gasteiger partial charge in [-0.2, -0.15) is 0 Å². The summed E-state index contributed by atoms with van der Waals surface area (Å²) in [5.74, 6) is 0. The van der Waals surface area contributed by atoms with E-state index in [0.717, 1.165) is 23.3 Å². The molecule has 8 nitrogen and oxygen atoms in total. The Balaban J connectivity index is 1.88. The highest BCUT2D eigenvalue weighted by Gasteiger charge is 2.31. The number of carbonyl (C=O) groups is 1. The number of amides is 2. The number of aromatic nitrogens is 2. The van der Waals surface area contributed by atoms with E-state index in [1.54, 1.807) is 16.6 Å². The van der Waals surface area contributed by atoms with Gasteiger partial charge in [0.1, 0.15) is 4.83 Å². The van der Waals surface area contributed by atoms with E-state index in [2.05, 4.69) is 5.32 Å². The predicted molar refractivity (Wildman–Crippen MR) is 99.0 cm³/mol. The number of aryl methyl sites for hydroxylation is 1. The van der Waals surface area contributed by atoms with Crippen molar-refractivity contribution in [2.75, 3.05) is 26.8 Å². The van der Waals surface area contributed by atoms with Crippen LogP contribution in [-0.2, 0) is 17.8 Å². The molecule has 2 aromatic heterocycles. The van der Waals surface area contributed by atoms with Crippen molar-refractivity contribution in [3.8, 4) is 0 Å². The summed E-state index contributed by atoms with van der Waals surface area (Å²) in [6, 6.07) is -0.0747. The Kier molecular flexibility index (Phi) is 4.36. The minimum absolute atomic E-state index is 0.0142. The van der Waals surface area contributed by atoms with Gasteiger partial charge >= 0.3 is 11.7 Å². The van der Waals surface area contributed by atoms with Crippen LogP contribution in [-0.4, -0.2) is 46.9 Å². The maximum atomic E-state index is 13.0. The number of thiophene rings is 1. The van der Waals surface area contributed by atoms with Gasteiger partial charge < -0.3 is 15.0 Å². The molecule has 140 valence electrons. The lowest BCUT2D eigenvalue weighted by molar-refractivity contribution is 0.186. The smallest absolute Gasteiger partial charge is 0.332 e. The fraction of sp³-hybridized carbons (Fsp3) is 0.588. The molecule has 2 fully saturated rings. The summed E-state index contributed by atoms with van der Waals surface area (Å²) in [5.41, 5.74) is 0.413. The molecule has 1 aliphatic carbocycles. The molecule has 0 bridgehead atoms. The summed E-state index contributed by atoms with van der Waals surface area (Å²) in [4.78, 5) is 41.2. The number of fused-ring (bicyclic) bond motifs is 1. The molecule has 26 heavy (non-hydrogen) atoms. The van der Waals surface area contributed by atoms with Crippen LogP contribution in [0.25, 0.3) is 10.2 Å². The zero-order valence-corrected chi connectivity index (χ0v) is 15.7. The Morgan fingerprint density at radius 3 is 2.65 bits per heavy atom. The summed E-state index contributed by atoms with van der Waals surface area (Å²) >= 11 is 1.43. The molecule has 9 heteroatoms. The molecule has 1 saturated carbocycles. The standard InChI is InChI=1S/C17H22N4O4S/c1-10-12(9-19-6-5-18-16(19)23)26-15-13(10)14(22)21(11-3-4-11)17(24)20(15)7-8-25-2/h11H,3-9H2,1-2H3,(H,18,23). The molecular formula is C17H22N4O4S. The third-order valence-corrected chi connectivity index (χ3v) is 6.35. The Bertz CT molecular complexity index is 985. The van der Waals surface area contributed by atoms with Crippen LogP contribution in [0.15, 0.2) is 9.59 Å². The van der Waals surface area contributed by atoms with E-state index in [1.807, 2.05) is 6.92 Å². The van der Waals surface area contributed by atoms with Crippen molar-refractivity contribution in [2.24, 2.45) is 0 Å². The second-order valence-corrected chi connectivity index (χ2v) is 7.90. The van der Waals surface area contributed by atoms with Crippen molar-refractivity contribution in [3.05, 3.63) is 31.3 Å². The van der Waals surface area contributed by atoms with Crippen LogP contribution in [0.4, 0.5) is 4.79 Å². The molecule has 1 aliphatic heterocycles. The normalized spacial score (nSPS) is 17.3. The van der Waals surface area contributed by atoms with Crippen LogP contribution in [0, 0.1) is 6.92 Å². The van der Waals surface area contributed by atoms with Gasteiger partial charge in [0.05, 0.1) is 25.1 Å². The van der Waals surface area contributed by atoms with Gasteiger partial charge in [-0.15, -0.1) is 11.3 Å². The molecular weight excluding hydrogens is 356 g/mol. The highest BCUT2D eigenvalue weighted by molar-refractivity contribution is 7.18. The van der Waals surface area contributed by atoms with Gasteiger partial charge in [0.2, 0.25) is 0 Å². The van der Waals surface area contributed by atoms with Gasteiger partial charge in [0, 0.05) is 31.1 Å². The van der Waals surface area contributed by atoms with E-state index in [1.165, 1.54) is 15.9 Å². The predicted octanol–water partition coefficient (Wildman–Crippen LogP) is 1.04. The van der Waals surface area contributed by atoms with Crippen molar-refractivity contribution in [1.82, 2.24) is 19.4 Å². The SMILES string of the molecule is COCCn1c(=O)n(C2CC2)c(=O)c2c(C)c(CN3CCNC3=O)sc21. The minimum atomic E-state index is -0.256. The third kappa shape index (κ3) is 2.75. The summed E-state index contributed by atoms with van der Waals surface area (Å²) in [5, 5.41) is 3.39. The number of methoxy groups -OCH3 is 1. The van der Waals surface area contributed by atoms with Gasteiger partial charge in [0.15, 0.2) is 0 Å². The second kappa shape index (κ2) is 6.55. The molecule has 4 rings (SSSR count). The van der Waals surface area contributed by atoms with E-state index in [-0.39, 0.29) is 23.3 Å². The van der Waals surface area contributed by atoms with Crippen molar-refractivity contribution in [1.29, 1.82) is 0 Å². The van der Waals surface area contributed by atoms with Crippen LogP contribution >= 0.6 is 11.3 Å². The molecule has 0 atom stereocenters. The molecule has 2 amide bonds. The second-order valence-electron chi connectivity index (χ2n) is 6.82. The van der Waals surface area contributed by atoms with Gasteiger partial charge in [0.25, 0.3) is 5.56 Å². The van der Waals surface area contributed by atoms with Gasteiger partial charge in [-0.25, -0.2) is 9.59 Å². The van der Waals surface area contributed by atoms with E-state index < -0.39 is 0 Å². The topological polar surface area (TPSA) is 85.6 Å². The fourth-order valence-corrected chi connectivity index (χ4v) is 4.76. The minimum Gasteiger partial charge on any atom is -0.383 e. The maximum absolute atomic E-state index is 13.0. The lowest BCUT2D eigenvalue weighted by Gasteiger charge is -2.12. The van der Waals surface area contributed by atoms with E-state index in [4.69, 9.17) is 4.74 Å². The lowest BCUT2D eigenvalue weighted by Crippen LogP contribution is -2.39. The molecule has 0 aromatic carbocycles. The van der Waals surface area contributed by atoms with Crippen molar-refractivity contribution >= 4 is 27.6 Å². The van der Waals surface area contributed by atoms with E-state index in [0.29, 0.717) is 43.0 Å². The number of carbonyl (C=O) groups excluding carboxylic acids is 1. The fourth-order valence-electron chi connectivity index (χ4n) is 3.43. The van der Waals surface area contributed by atoms with Crippen molar-refractivity contribution in [2.45, 2.75) is 38.9 Å². The summed E-state index contributed by atoms with van der Waals surface area (Å²) in [7, 11) is 1.59. The van der Waals surface area contributed by atoms with Gasteiger partial charge in [-0.1, -0.05) is 0 Å². The number of hydrogen-bond acceptors (Lipinski definition) is 5. The molecule has 3 heterocycles. The number of nitrogens with zero attached hydrogens (tertiary/aromatic N) is 3. The zero-order chi connectivity index (χ0) is 18.4. The van der Waals surface area contributed by atoms with Gasteiger partial charge in [-0.05, 0) is 25.3 Å². The van der Waals surface area contributed by atoms with Crippen LogP contribution in [0.3, 0.4) is 0 Å². The Morgan fingerprint density at radius 2 is 2.04 bits per heavy atom. The number of rotatable bonds is 6. The van der Waals surface area contributed by atoms with E-state index in [9.17, 15) is 14.4 Å². The highest BCUT2D eigenvalue weighted by Crippen LogP contribution is 2.34. The first kappa shape index (κ1) is 17.3. The lowest BCUT2D eigenvalue weighted by atomic mass is 10.2. The number of hydrogen-bond donors (Lipinski definition) is 1. The first-order chi connectivity index (χ1) is 12.5. The number of urea groups is 1. The van der Waals surface area contributed by atoms with Crippen LogP contribution in [0.5, 0.6) is 0 Å². The third-order valence-electron chi connectivity index (χ3n) is 5.05. The quantitative estimate of drug-likeness (QED) is 0.814. The molecule has 2 aromatic rings. The Morgan fingerprint density at radius 1 is 1.27 bits per heavy atom. The summed E-state index contributed by atoms with van der Waals surface area (Å²) in [6.07, 6.45) is 1.74. The molecule has 1 saturated heterocycles.